The summed E-state index contributed by atoms with van der Waals surface area (Å²) in [5, 5.41) is -1.39. The van der Waals surface area contributed by atoms with Crippen molar-refractivity contribution in [3.8, 4) is 0 Å². The minimum Gasteiger partial charge on any atom is -0.318 e. The number of nitrogens with two attached hydrogens (primary N) is 1. The summed E-state index contributed by atoms with van der Waals surface area (Å²) in [5.41, 5.74) is 4.90. The predicted octanol–water partition coefficient (Wildman–Crippen LogP) is -1.16. The fourth-order valence-electron chi connectivity index (χ4n) is 0.271. The molecule has 0 aromatic heterocycles. The molecule has 0 radical (unpaired) electrons. The molecule has 7 heteroatoms. The average Bonchev–Trinajstić information content (AvgIpc) is 1.83. The Hall–Kier alpha value is -0.660. The van der Waals surface area contributed by atoms with Crippen molar-refractivity contribution in [2.24, 2.45) is 5.73 Å². The number of amides is 1. The fourth-order valence-corrected chi connectivity index (χ4v) is 0.740. The number of carbonyl (C=O) groups is 1. The molecule has 0 aliphatic heterocycles. The Morgan fingerprint density at radius 2 is 2.10 bits per heavy atom. The van der Waals surface area contributed by atoms with Crippen LogP contribution in [0.5, 0.6) is 0 Å². The molecule has 0 fully saturated rings. The van der Waals surface area contributed by atoms with Crippen LogP contribution in [-0.2, 0) is 10.1 Å². The van der Waals surface area contributed by atoms with Gasteiger partial charge in [-0.2, -0.15) is 8.42 Å². The van der Waals surface area contributed by atoms with E-state index in [-0.39, 0.29) is 6.67 Å². The molecule has 0 saturated heterocycles. The molecule has 10 heavy (non-hydrogen) atoms. The Bertz CT molecular complexity index is 221. The van der Waals surface area contributed by atoms with Gasteiger partial charge in [0.1, 0.15) is 0 Å². The molecule has 0 atom stereocenters. The van der Waals surface area contributed by atoms with E-state index in [9.17, 15) is 13.2 Å². The molecule has 1 amide bonds. The lowest BCUT2D eigenvalue weighted by Gasteiger charge is -2.10. The zero-order valence-electron chi connectivity index (χ0n) is 5.31. The third-order valence-electron chi connectivity index (χ3n) is 0.806. The molecule has 0 saturated carbocycles. The first-order chi connectivity index (χ1) is 4.39. The van der Waals surface area contributed by atoms with E-state index < -0.39 is 15.4 Å². The van der Waals surface area contributed by atoms with Crippen LogP contribution in [0.4, 0.5) is 4.79 Å². The van der Waals surface area contributed by atoms with Crippen molar-refractivity contribution >= 4 is 15.4 Å². The Kier molecular flexibility index (Phi) is 2.76. The Morgan fingerprint density at radius 1 is 1.70 bits per heavy atom. The quantitative estimate of drug-likeness (QED) is 0.380. The number of hydrogen-bond donors (Lipinski definition) is 2. The van der Waals surface area contributed by atoms with Crippen LogP contribution in [0.25, 0.3) is 0 Å². The van der Waals surface area contributed by atoms with E-state index in [1.165, 1.54) is 0 Å². The van der Waals surface area contributed by atoms with Gasteiger partial charge in [0, 0.05) is 7.05 Å². The first-order valence-electron chi connectivity index (χ1n) is 2.32. The molecular weight excluding hydrogens is 160 g/mol. The lowest BCUT2D eigenvalue weighted by atomic mass is 10.9. The second kappa shape index (κ2) is 2.95. The maximum Gasteiger partial charge on any atom is 0.366 e. The summed E-state index contributed by atoms with van der Waals surface area (Å²) in [6.07, 6.45) is 0. The molecule has 0 rings (SSSR count). The molecule has 0 aliphatic carbocycles. The second-order valence-corrected chi connectivity index (χ2v) is 2.92. The molecule has 6 nitrogen and oxygen atoms in total. The van der Waals surface area contributed by atoms with Gasteiger partial charge in [-0.05, 0) is 0 Å². The normalized spacial score (nSPS) is 11.1. The van der Waals surface area contributed by atoms with Crippen LogP contribution in [-0.4, -0.2) is 36.8 Å². The van der Waals surface area contributed by atoms with Crippen molar-refractivity contribution in [2.75, 3.05) is 13.7 Å². The van der Waals surface area contributed by atoms with E-state index in [0.29, 0.717) is 4.90 Å². The molecular formula is C3H8N2O4S. The number of hydrogen-bond acceptors (Lipinski definition) is 4. The van der Waals surface area contributed by atoms with E-state index in [0.717, 1.165) is 7.05 Å². The smallest absolute Gasteiger partial charge is 0.318 e. The van der Waals surface area contributed by atoms with E-state index in [1.54, 1.807) is 0 Å². The molecule has 0 unspecified atom stereocenters. The van der Waals surface area contributed by atoms with Gasteiger partial charge in [0.15, 0.2) is 0 Å². The number of rotatable bonds is 1. The highest BCUT2D eigenvalue weighted by atomic mass is 32.2. The van der Waals surface area contributed by atoms with Crippen LogP contribution < -0.4 is 5.73 Å². The van der Waals surface area contributed by atoms with Crippen LogP contribution in [0.2, 0.25) is 0 Å². The topological polar surface area (TPSA) is 101 Å². The molecule has 3 N–H and O–H groups in total. The van der Waals surface area contributed by atoms with Gasteiger partial charge in [0.05, 0.1) is 6.67 Å². The van der Waals surface area contributed by atoms with Gasteiger partial charge in [-0.25, -0.2) is 0 Å². The molecule has 0 heterocycles. The van der Waals surface area contributed by atoms with Crippen molar-refractivity contribution in [3.05, 3.63) is 0 Å². The summed E-state index contributed by atoms with van der Waals surface area (Å²) in [6, 6.07) is 0. The van der Waals surface area contributed by atoms with Gasteiger partial charge in [-0.15, -0.1) is 0 Å². The molecule has 60 valence electrons. The number of carbonyl (C=O) groups excluding carboxylic acids is 1. The zero-order chi connectivity index (χ0) is 8.36. The second-order valence-electron chi connectivity index (χ2n) is 1.62. The summed E-state index contributed by atoms with van der Waals surface area (Å²) < 4.78 is 28.2. The third kappa shape index (κ3) is 2.29. The molecule has 0 spiro atoms. The van der Waals surface area contributed by atoms with E-state index in [4.69, 9.17) is 10.3 Å². The van der Waals surface area contributed by atoms with Crippen LogP contribution >= 0.6 is 0 Å². The molecule has 0 aromatic rings. The van der Waals surface area contributed by atoms with Crippen LogP contribution in [0.15, 0.2) is 0 Å². The average molecular weight is 168 g/mol. The maximum atomic E-state index is 10.4. The summed E-state index contributed by atoms with van der Waals surface area (Å²) in [4.78, 5) is 11.1. The minimum atomic E-state index is -4.61. The van der Waals surface area contributed by atoms with Gasteiger partial charge < -0.3 is 10.6 Å². The van der Waals surface area contributed by atoms with E-state index >= 15 is 0 Å². The monoisotopic (exact) mass is 168 g/mol. The highest BCUT2D eigenvalue weighted by molar-refractivity contribution is 8.01. The lowest BCUT2D eigenvalue weighted by Crippen LogP contribution is -2.35. The van der Waals surface area contributed by atoms with Crippen LogP contribution in [0, 0.1) is 0 Å². The third-order valence-corrected chi connectivity index (χ3v) is 1.56. The predicted molar refractivity (Wildman–Crippen MR) is 33.8 cm³/mol. The SMILES string of the molecule is CN(CN)C(=O)S(=O)(=O)O. The highest BCUT2D eigenvalue weighted by Crippen LogP contribution is 1.91. The summed E-state index contributed by atoms with van der Waals surface area (Å²) in [6.45, 7) is -0.251. The zero-order valence-corrected chi connectivity index (χ0v) is 6.13. The van der Waals surface area contributed by atoms with Gasteiger partial charge in [-0.1, -0.05) is 0 Å². The molecule has 0 aliphatic rings. The van der Waals surface area contributed by atoms with Crippen molar-refractivity contribution < 1.29 is 17.8 Å². The van der Waals surface area contributed by atoms with Crippen molar-refractivity contribution in [3.63, 3.8) is 0 Å². The standard InChI is InChI=1S/C3H8N2O4S/c1-5(2-4)3(6)10(7,8)9/h2,4H2,1H3,(H,7,8,9). The summed E-state index contributed by atoms with van der Waals surface area (Å²) >= 11 is 0. The molecule has 0 bridgehead atoms. The largest absolute Gasteiger partial charge is 0.366 e. The van der Waals surface area contributed by atoms with Crippen LogP contribution in [0.3, 0.4) is 0 Å². The molecule has 0 aromatic carbocycles. The number of nitrogens with zero attached hydrogens (tertiary/aromatic N) is 1. The summed E-state index contributed by atoms with van der Waals surface area (Å²) in [7, 11) is -3.44. The van der Waals surface area contributed by atoms with Gasteiger partial charge in [0.25, 0.3) is 0 Å². The van der Waals surface area contributed by atoms with Gasteiger partial charge in [-0.3, -0.25) is 9.35 Å². The fraction of sp³-hybridized carbons (Fsp3) is 0.667. The highest BCUT2D eigenvalue weighted by Gasteiger charge is 2.21. The van der Waals surface area contributed by atoms with E-state index in [1.807, 2.05) is 0 Å². The Labute approximate surface area is 58.4 Å². The van der Waals surface area contributed by atoms with Crippen molar-refractivity contribution in [1.29, 1.82) is 0 Å². The summed E-state index contributed by atoms with van der Waals surface area (Å²) in [5.74, 6) is 0. The first-order valence-corrected chi connectivity index (χ1v) is 3.76. The first kappa shape index (κ1) is 9.34. The Balaban J connectivity index is 4.40. The maximum absolute atomic E-state index is 10.4. The minimum absolute atomic E-state index is 0.251. The lowest BCUT2D eigenvalue weighted by molar-refractivity contribution is 0.229. The van der Waals surface area contributed by atoms with Gasteiger partial charge in [0.2, 0.25) is 0 Å². The van der Waals surface area contributed by atoms with Crippen molar-refractivity contribution in [1.82, 2.24) is 4.90 Å². The van der Waals surface area contributed by atoms with Gasteiger partial charge >= 0.3 is 15.4 Å². The van der Waals surface area contributed by atoms with Crippen molar-refractivity contribution in [2.45, 2.75) is 0 Å². The van der Waals surface area contributed by atoms with Crippen LogP contribution in [0.1, 0.15) is 0 Å². The van der Waals surface area contributed by atoms with E-state index in [2.05, 4.69) is 0 Å². The Morgan fingerprint density at radius 3 is 2.20 bits per heavy atom.